The summed E-state index contributed by atoms with van der Waals surface area (Å²) in [6, 6.07) is 0. The molecule has 6 heteroatoms. The van der Waals surface area contributed by atoms with Gasteiger partial charge in [0.1, 0.15) is 4.88 Å². The lowest BCUT2D eigenvalue weighted by molar-refractivity contribution is 0.0722. The SMILES string of the molecule is CCCCN(CCO)C(=O)c1snnc1C(C)C. The standard InChI is InChI=1S/C12H21N3O2S/c1-4-5-6-15(7-8-16)12(17)11-10(9(2)3)13-14-18-11/h9,16H,4-8H2,1-3H3. The first-order chi connectivity index (χ1) is 8.61. The van der Waals surface area contributed by atoms with E-state index in [1.807, 2.05) is 13.8 Å². The molecule has 18 heavy (non-hydrogen) atoms. The highest BCUT2D eigenvalue weighted by atomic mass is 32.1. The van der Waals surface area contributed by atoms with E-state index < -0.39 is 0 Å². The van der Waals surface area contributed by atoms with E-state index in [1.165, 1.54) is 0 Å². The summed E-state index contributed by atoms with van der Waals surface area (Å²) >= 11 is 1.14. The predicted octanol–water partition coefficient (Wildman–Crippen LogP) is 1.90. The van der Waals surface area contributed by atoms with Gasteiger partial charge in [-0.2, -0.15) is 0 Å². The Morgan fingerprint density at radius 2 is 2.17 bits per heavy atom. The summed E-state index contributed by atoms with van der Waals surface area (Å²) in [7, 11) is 0. The molecule has 0 aliphatic carbocycles. The Labute approximate surface area is 112 Å². The highest BCUT2D eigenvalue weighted by Gasteiger charge is 2.23. The van der Waals surface area contributed by atoms with Crippen LogP contribution in [0.1, 0.15) is 54.9 Å². The van der Waals surface area contributed by atoms with Gasteiger partial charge in [-0.05, 0) is 23.9 Å². The zero-order valence-electron chi connectivity index (χ0n) is 11.2. The molecule has 102 valence electrons. The van der Waals surface area contributed by atoms with Crippen LogP contribution in [0, 0.1) is 0 Å². The third kappa shape index (κ3) is 3.74. The van der Waals surface area contributed by atoms with Crippen molar-refractivity contribution in [1.29, 1.82) is 0 Å². The molecule has 0 aliphatic heterocycles. The van der Waals surface area contributed by atoms with Crippen molar-refractivity contribution in [3.8, 4) is 0 Å². The Kier molecular flexibility index (Phi) is 6.21. The van der Waals surface area contributed by atoms with Gasteiger partial charge in [-0.3, -0.25) is 4.79 Å². The molecule has 0 saturated carbocycles. The van der Waals surface area contributed by atoms with Gasteiger partial charge in [-0.1, -0.05) is 31.7 Å². The molecule has 0 fully saturated rings. The molecule has 0 aromatic carbocycles. The zero-order chi connectivity index (χ0) is 13.5. The zero-order valence-corrected chi connectivity index (χ0v) is 12.0. The molecule has 0 bridgehead atoms. The lowest BCUT2D eigenvalue weighted by Gasteiger charge is -2.21. The molecule has 0 saturated heterocycles. The van der Waals surface area contributed by atoms with Gasteiger partial charge in [0.25, 0.3) is 5.91 Å². The number of aliphatic hydroxyl groups is 1. The molecule has 0 unspecified atom stereocenters. The number of unbranched alkanes of at least 4 members (excludes halogenated alkanes) is 1. The fourth-order valence-corrected chi connectivity index (χ4v) is 2.44. The van der Waals surface area contributed by atoms with E-state index in [-0.39, 0.29) is 18.4 Å². The van der Waals surface area contributed by atoms with Crippen LogP contribution in [-0.4, -0.2) is 45.2 Å². The third-order valence-corrected chi connectivity index (χ3v) is 3.42. The molecule has 1 N–H and O–H groups in total. The number of nitrogens with zero attached hydrogens (tertiary/aromatic N) is 3. The van der Waals surface area contributed by atoms with Crippen molar-refractivity contribution in [2.75, 3.05) is 19.7 Å². The number of carbonyl (C=O) groups excluding carboxylic acids is 1. The summed E-state index contributed by atoms with van der Waals surface area (Å²) in [6.07, 6.45) is 1.96. The summed E-state index contributed by atoms with van der Waals surface area (Å²) in [6.45, 7) is 7.10. The first-order valence-corrected chi connectivity index (χ1v) is 7.11. The van der Waals surface area contributed by atoms with Crippen molar-refractivity contribution in [3.63, 3.8) is 0 Å². The van der Waals surface area contributed by atoms with Crippen LogP contribution >= 0.6 is 11.5 Å². The van der Waals surface area contributed by atoms with Gasteiger partial charge in [0.05, 0.1) is 12.3 Å². The summed E-state index contributed by atoms with van der Waals surface area (Å²) in [5.41, 5.74) is 0.754. The third-order valence-electron chi connectivity index (χ3n) is 2.69. The molecule has 1 aromatic heterocycles. The van der Waals surface area contributed by atoms with Crippen LogP contribution in [0.4, 0.5) is 0 Å². The lowest BCUT2D eigenvalue weighted by Crippen LogP contribution is -2.34. The Balaban J connectivity index is 2.84. The molecule has 1 aromatic rings. The molecule has 0 aliphatic rings. The van der Waals surface area contributed by atoms with Gasteiger partial charge < -0.3 is 10.0 Å². The molecule has 0 atom stereocenters. The summed E-state index contributed by atoms with van der Waals surface area (Å²) < 4.78 is 3.87. The van der Waals surface area contributed by atoms with Crippen LogP contribution in [0.3, 0.4) is 0 Å². The molecule has 0 spiro atoms. The number of aromatic nitrogens is 2. The normalized spacial score (nSPS) is 10.9. The van der Waals surface area contributed by atoms with Crippen LogP contribution in [0.2, 0.25) is 0 Å². The van der Waals surface area contributed by atoms with Gasteiger partial charge >= 0.3 is 0 Å². The van der Waals surface area contributed by atoms with Crippen molar-refractivity contribution >= 4 is 17.4 Å². The number of rotatable bonds is 7. The maximum absolute atomic E-state index is 12.4. The second-order valence-electron chi connectivity index (χ2n) is 4.51. The summed E-state index contributed by atoms with van der Waals surface area (Å²) in [5, 5.41) is 13.1. The molecule has 1 heterocycles. The van der Waals surface area contributed by atoms with Crippen molar-refractivity contribution < 1.29 is 9.90 Å². The van der Waals surface area contributed by atoms with Crippen LogP contribution in [0.15, 0.2) is 0 Å². The van der Waals surface area contributed by atoms with E-state index in [9.17, 15) is 4.79 Å². The largest absolute Gasteiger partial charge is 0.395 e. The lowest BCUT2D eigenvalue weighted by atomic mass is 10.1. The van der Waals surface area contributed by atoms with E-state index in [2.05, 4.69) is 16.5 Å². The molecule has 1 amide bonds. The summed E-state index contributed by atoms with van der Waals surface area (Å²) in [5.74, 6) is 0.126. The van der Waals surface area contributed by atoms with Crippen molar-refractivity contribution in [3.05, 3.63) is 10.6 Å². The van der Waals surface area contributed by atoms with Crippen LogP contribution in [-0.2, 0) is 0 Å². The number of carbonyl (C=O) groups is 1. The Morgan fingerprint density at radius 3 is 2.72 bits per heavy atom. The van der Waals surface area contributed by atoms with E-state index >= 15 is 0 Å². The average molecular weight is 271 g/mol. The first kappa shape index (κ1) is 15.0. The van der Waals surface area contributed by atoms with Gasteiger partial charge in [-0.25, -0.2) is 0 Å². The topological polar surface area (TPSA) is 66.3 Å². The monoisotopic (exact) mass is 271 g/mol. The van der Waals surface area contributed by atoms with Crippen LogP contribution in [0.5, 0.6) is 0 Å². The fourth-order valence-electron chi connectivity index (χ4n) is 1.65. The molecule has 5 nitrogen and oxygen atoms in total. The minimum atomic E-state index is -0.0591. The van der Waals surface area contributed by atoms with Crippen LogP contribution < -0.4 is 0 Å². The Bertz CT molecular complexity index is 379. The highest BCUT2D eigenvalue weighted by Crippen LogP contribution is 2.21. The number of hydrogen-bond donors (Lipinski definition) is 1. The number of aliphatic hydroxyl groups excluding tert-OH is 1. The predicted molar refractivity (Wildman–Crippen MR) is 71.9 cm³/mol. The maximum atomic E-state index is 12.4. The second kappa shape index (κ2) is 7.43. The van der Waals surface area contributed by atoms with Crippen LogP contribution in [0.25, 0.3) is 0 Å². The Morgan fingerprint density at radius 1 is 1.44 bits per heavy atom. The van der Waals surface area contributed by atoms with Gasteiger partial charge in [0, 0.05) is 13.1 Å². The second-order valence-corrected chi connectivity index (χ2v) is 5.27. The van der Waals surface area contributed by atoms with E-state index in [1.54, 1.807) is 4.90 Å². The van der Waals surface area contributed by atoms with E-state index in [0.717, 1.165) is 30.1 Å². The average Bonchev–Trinajstić information content (AvgIpc) is 2.82. The molecule has 0 radical (unpaired) electrons. The number of amides is 1. The minimum absolute atomic E-state index is 0.0152. The van der Waals surface area contributed by atoms with E-state index in [0.29, 0.717) is 18.0 Å². The summed E-state index contributed by atoms with van der Waals surface area (Å²) in [4.78, 5) is 14.7. The highest BCUT2D eigenvalue weighted by molar-refractivity contribution is 7.08. The van der Waals surface area contributed by atoms with Crippen molar-refractivity contribution in [2.45, 2.75) is 39.5 Å². The van der Waals surface area contributed by atoms with Gasteiger partial charge in [0.15, 0.2) is 0 Å². The number of hydrogen-bond acceptors (Lipinski definition) is 5. The maximum Gasteiger partial charge on any atom is 0.267 e. The first-order valence-electron chi connectivity index (χ1n) is 6.34. The van der Waals surface area contributed by atoms with Gasteiger partial charge in [0.2, 0.25) is 0 Å². The Hall–Kier alpha value is -1.01. The smallest absolute Gasteiger partial charge is 0.267 e. The quantitative estimate of drug-likeness (QED) is 0.822. The fraction of sp³-hybridized carbons (Fsp3) is 0.750. The molecule has 1 rings (SSSR count). The van der Waals surface area contributed by atoms with Gasteiger partial charge in [-0.15, -0.1) is 5.10 Å². The van der Waals surface area contributed by atoms with E-state index in [4.69, 9.17) is 5.11 Å². The molecular weight excluding hydrogens is 250 g/mol. The van der Waals surface area contributed by atoms with Crippen molar-refractivity contribution in [1.82, 2.24) is 14.5 Å². The minimum Gasteiger partial charge on any atom is -0.395 e. The van der Waals surface area contributed by atoms with Crippen molar-refractivity contribution in [2.24, 2.45) is 0 Å². The molecular formula is C12H21N3O2S.